The van der Waals surface area contributed by atoms with Crippen molar-refractivity contribution in [3.8, 4) is 5.75 Å². The zero-order valence-electron chi connectivity index (χ0n) is 14.2. The molecule has 0 aliphatic rings. The van der Waals surface area contributed by atoms with Gasteiger partial charge in [0.1, 0.15) is 11.9 Å². The molecule has 2 aromatic carbocycles. The first-order chi connectivity index (χ1) is 12.4. The van der Waals surface area contributed by atoms with Gasteiger partial charge in [-0.15, -0.1) is 0 Å². The number of ether oxygens (including phenoxy) is 1. The van der Waals surface area contributed by atoms with E-state index in [-0.39, 0.29) is 18.3 Å². The summed E-state index contributed by atoms with van der Waals surface area (Å²) in [5, 5.41) is 21.5. The summed E-state index contributed by atoms with van der Waals surface area (Å²) in [6.45, 7) is 1.71. The van der Waals surface area contributed by atoms with Gasteiger partial charge in [0.05, 0.1) is 0 Å². The number of rotatable bonds is 6. The van der Waals surface area contributed by atoms with Crippen molar-refractivity contribution in [3.63, 3.8) is 0 Å². The Hall–Kier alpha value is -2.13. The van der Waals surface area contributed by atoms with Gasteiger partial charge in [0, 0.05) is 21.3 Å². The average molecular weight is 469 g/mol. The number of phenolic OH excluding ortho intramolecular Hbond substituents is 1. The molecule has 26 heavy (non-hydrogen) atoms. The van der Waals surface area contributed by atoms with Crippen LogP contribution in [-0.2, 0) is 4.74 Å². The summed E-state index contributed by atoms with van der Waals surface area (Å²) in [6, 6.07) is 13.3. The Kier molecular flexibility index (Phi) is 7.40. The van der Waals surface area contributed by atoms with E-state index in [1.807, 2.05) is 0 Å². The van der Waals surface area contributed by atoms with Crippen molar-refractivity contribution in [2.24, 2.45) is 5.92 Å². The lowest BCUT2D eigenvalue weighted by molar-refractivity contribution is 0.0533. The first-order valence-electron chi connectivity index (χ1n) is 8.08. The van der Waals surface area contributed by atoms with Gasteiger partial charge in [-0.25, -0.2) is 4.79 Å². The number of carbonyl (C=O) groups is 2. The summed E-state index contributed by atoms with van der Waals surface area (Å²) in [5.74, 6) is -0.847. The van der Waals surface area contributed by atoms with Gasteiger partial charge < -0.3 is 14.9 Å². The van der Waals surface area contributed by atoms with Crippen LogP contribution in [0.15, 0.2) is 48.5 Å². The number of benzene rings is 2. The monoisotopic (exact) mass is 469 g/mol. The van der Waals surface area contributed by atoms with Crippen LogP contribution in [0.2, 0.25) is 0 Å². The summed E-state index contributed by atoms with van der Waals surface area (Å²) in [4.78, 5) is 24.3. The van der Waals surface area contributed by atoms with E-state index in [2.05, 4.69) is 27.9 Å². The highest BCUT2D eigenvalue weighted by Crippen LogP contribution is 2.35. The second kappa shape index (κ2) is 9.54. The molecule has 0 bridgehead atoms. The molecule has 2 amide bonds. The maximum Gasteiger partial charge on any atom is 0.414 e. The van der Waals surface area contributed by atoms with Crippen molar-refractivity contribution in [2.75, 3.05) is 6.61 Å². The molecule has 2 rings (SSSR count). The molecule has 0 aliphatic heterocycles. The number of amides is 2. The minimum atomic E-state index is -0.910. The predicted molar refractivity (Wildman–Crippen MR) is 105 cm³/mol. The topological polar surface area (TPSA) is 95.9 Å². The Bertz CT molecular complexity index is 766. The van der Waals surface area contributed by atoms with Crippen LogP contribution in [0, 0.1) is 9.49 Å². The normalized spacial score (nSPS) is 12.9. The third kappa shape index (κ3) is 5.43. The molecule has 0 unspecified atom stereocenters. The second-order valence-corrected chi connectivity index (χ2v) is 7.08. The zero-order chi connectivity index (χ0) is 19.1. The van der Waals surface area contributed by atoms with Gasteiger partial charge in [-0.3, -0.25) is 10.1 Å². The van der Waals surface area contributed by atoms with Crippen LogP contribution in [0.1, 0.15) is 35.4 Å². The SMILES string of the molecule is C[C@H](CCO)[C@@H](OC(=O)NC(=O)c1ccccc1)c1cc(I)ccc1O. The maximum absolute atomic E-state index is 12.2. The Morgan fingerprint density at radius 3 is 2.54 bits per heavy atom. The van der Waals surface area contributed by atoms with E-state index in [0.29, 0.717) is 17.5 Å². The molecule has 0 spiro atoms. The largest absolute Gasteiger partial charge is 0.508 e. The molecular formula is C19H20INO5. The van der Waals surface area contributed by atoms with Crippen molar-refractivity contribution >= 4 is 34.6 Å². The van der Waals surface area contributed by atoms with Crippen molar-refractivity contribution in [1.82, 2.24) is 5.32 Å². The van der Waals surface area contributed by atoms with Gasteiger partial charge in [-0.1, -0.05) is 25.1 Å². The molecule has 0 radical (unpaired) electrons. The van der Waals surface area contributed by atoms with Crippen LogP contribution in [0.3, 0.4) is 0 Å². The summed E-state index contributed by atoms with van der Waals surface area (Å²) in [7, 11) is 0. The number of halogens is 1. The van der Waals surface area contributed by atoms with Gasteiger partial charge in [0.25, 0.3) is 5.91 Å². The molecular weight excluding hydrogens is 449 g/mol. The fraction of sp³-hybridized carbons (Fsp3) is 0.263. The van der Waals surface area contributed by atoms with Gasteiger partial charge in [-0.05, 0) is 65.3 Å². The van der Waals surface area contributed by atoms with Crippen LogP contribution in [0.4, 0.5) is 4.79 Å². The highest BCUT2D eigenvalue weighted by atomic mass is 127. The number of imide groups is 1. The van der Waals surface area contributed by atoms with E-state index in [9.17, 15) is 19.8 Å². The smallest absolute Gasteiger partial charge is 0.414 e. The second-order valence-electron chi connectivity index (χ2n) is 5.84. The zero-order valence-corrected chi connectivity index (χ0v) is 16.3. The quantitative estimate of drug-likeness (QED) is 0.562. The number of alkyl carbamates (subject to hydrolysis) is 1. The van der Waals surface area contributed by atoms with Crippen molar-refractivity contribution in [2.45, 2.75) is 19.4 Å². The highest BCUT2D eigenvalue weighted by Gasteiger charge is 2.27. The number of carbonyl (C=O) groups excluding carboxylic acids is 2. The molecule has 138 valence electrons. The summed E-state index contributed by atoms with van der Waals surface area (Å²) < 4.78 is 6.30. The first kappa shape index (κ1) is 20.2. The highest BCUT2D eigenvalue weighted by molar-refractivity contribution is 14.1. The van der Waals surface area contributed by atoms with Crippen LogP contribution in [-0.4, -0.2) is 28.8 Å². The van der Waals surface area contributed by atoms with Gasteiger partial charge in [0.2, 0.25) is 0 Å². The first-order valence-corrected chi connectivity index (χ1v) is 9.16. The number of phenols is 1. The van der Waals surface area contributed by atoms with Crippen molar-refractivity contribution in [3.05, 3.63) is 63.2 Å². The molecule has 0 saturated carbocycles. The van der Waals surface area contributed by atoms with E-state index in [0.717, 1.165) is 3.57 Å². The Balaban J connectivity index is 2.17. The minimum Gasteiger partial charge on any atom is -0.508 e. The number of aliphatic hydroxyl groups is 1. The van der Waals surface area contributed by atoms with Crippen molar-refractivity contribution < 1.29 is 24.5 Å². The molecule has 0 saturated heterocycles. The molecule has 0 aliphatic carbocycles. The van der Waals surface area contributed by atoms with Gasteiger partial charge in [-0.2, -0.15) is 0 Å². The molecule has 0 fully saturated rings. The lowest BCUT2D eigenvalue weighted by atomic mass is 9.94. The number of aromatic hydroxyl groups is 1. The van der Waals surface area contributed by atoms with Crippen LogP contribution < -0.4 is 5.32 Å². The van der Waals surface area contributed by atoms with E-state index < -0.39 is 18.1 Å². The van der Waals surface area contributed by atoms with Crippen molar-refractivity contribution in [1.29, 1.82) is 0 Å². The molecule has 2 aromatic rings. The third-order valence-corrected chi connectivity index (χ3v) is 4.55. The lowest BCUT2D eigenvalue weighted by Crippen LogP contribution is -2.33. The lowest BCUT2D eigenvalue weighted by Gasteiger charge is -2.25. The number of hydrogen-bond donors (Lipinski definition) is 3. The number of nitrogens with one attached hydrogen (secondary N) is 1. The van der Waals surface area contributed by atoms with Crippen LogP contribution in [0.25, 0.3) is 0 Å². The average Bonchev–Trinajstić information content (AvgIpc) is 2.62. The summed E-state index contributed by atoms with van der Waals surface area (Å²) in [5.41, 5.74) is 0.765. The Morgan fingerprint density at radius 1 is 1.19 bits per heavy atom. The molecule has 3 N–H and O–H groups in total. The summed E-state index contributed by atoms with van der Waals surface area (Å²) in [6.07, 6.45) is -1.34. The Labute approximate surface area is 165 Å². The van der Waals surface area contributed by atoms with E-state index in [1.54, 1.807) is 49.4 Å². The van der Waals surface area contributed by atoms with Crippen LogP contribution >= 0.6 is 22.6 Å². The Morgan fingerprint density at radius 2 is 1.88 bits per heavy atom. The predicted octanol–water partition coefficient (Wildman–Crippen LogP) is 3.62. The van der Waals surface area contributed by atoms with Gasteiger partial charge in [0.15, 0.2) is 0 Å². The van der Waals surface area contributed by atoms with Gasteiger partial charge >= 0.3 is 6.09 Å². The molecule has 0 heterocycles. The number of aliphatic hydroxyl groups excluding tert-OH is 1. The molecule has 2 atom stereocenters. The van der Waals surface area contributed by atoms with Crippen LogP contribution in [0.5, 0.6) is 5.75 Å². The summed E-state index contributed by atoms with van der Waals surface area (Å²) >= 11 is 2.09. The third-order valence-electron chi connectivity index (χ3n) is 3.88. The standard InChI is InChI=1S/C19H20INO5/c1-12(9-10-22)17(15-11-14(20)7-8-16(15)23)26-19(25)21-18(24)13-5-3-2-4-6-13/h2-8,11-12,17,22-23H,9-10H2,1H3,(H,21,24,25)/t12-,17-/m1/s1. The molecule has 0 aromatic heterocycles. The molecule has 6 nitrogen and oxygen atoms in total. The van der Waals surface area contributed by atoms with E-state index >= 15 is 0 Å². The maximum atomic E-state index is 12.2. The number of hydrogen-bond acceptors (Lipinski definition) is 5. The minimum absolute atomic E-state index is 0.0117. The van der Waals surface area contributed by atoms with E-state index in [1.165, 1.54) is 6.07 Å². The fourth-order valence-electron chi connectivity index (χ4n) is 2.49. The fourth-order valence-corrected chi connectivity index (χ4v) is 3.01. The molecule has 7 heteroatoms. The van der Waals surface area contributed by atoms with E-state index in [4.69, 9.17) is 4.74 Å².